The molecule has 0 atom stereocenters. The van der Waals surface area contributed by atoms with Gasteiger partial charge in [-0.05, 0) is 30.3 Å². The lowest BCUT2D eigenvalue weighted by molar-refractivity contribution is -0.115. The Morgan fingerprint density at radius 3 is 1.76 bits per heavy atom. The van der Waals surface area contributed by atoms with E-state index in [9.17, 15) is 23.2 Å². The molecule has 0 fully saturated rings. The van der Waals surface area contributed by atoms with Gasteiger partial charge in [-0.25, -0.2) is 8.78 Å². The van der Waals surface area contributed by atoms with Crippen LogP contribution in [0.4, 0.5) is 25.8 Å². The summed E-state index contributed by atoms with van der Waals surface area (Å²) in [5.41, 5.74) is 0.776. The summed E-state index contributed by atoms with van der Waals surface area (Å²) in [6, 6.07) is 7.21. The molecular formula is C17H15F2N3O3. The highest BCUT2D eigenvalue weighted by Crippen LogP contribution is 2.21. The van der Waals surface area contributed by atoms with Crippen LogP contribution in [0.3, 0.4) is 0 Å². The molecule has 0 aliphatic carbocycles. The third kappa shape index (κ3) is 5.10. The summed E-state index contributed by atoms with van der Waals surface area (Å²) in [6.07, 6.45) is 0. The Bertz CT molecular complexity index is 819. The summed E-state index contributed by atoms with van der Waals surface area (Å²) < 4.78 is 26.2. The van der Waals surface area contributed by atoms with Gasteiger partial charge in [0.15, 0.2) is 11.6 Å². The molecule has 0 saturated carbocycles. The largest absolute Gasteiger partial charge is 0.326 e. The fourth-order valence-electron chi connectivity index (χ4n) is 2.09. The van der Waals surface area contributed by atoms with Crippen molar-refractivity contribution in [2.45, 2.75) is 13.8 Å². The van der Waals surface area contributed by atoms with Crippen LogP contribution < -0.4 is 16.0 Å². The van der Waals surface area contributed by atoms with Gasteiger partial charge in [0.1, 0.15) is 0 Å². The Kier molecular flexibility index (Phi) is 5.43. The standard InChI is InChI=1S/C17H15F2N3O3/c1-9(23)20-13-5-11(6-14(7-13)21-10(2)24)17(25)22-12-3-4-15(18)16(19)8-12/h3-8H,1-2H3,(H,20,23)(H,21,24)(H,22,25). The molecule has 130 valence electrons. The van der Waals surface area contributed by atoms with Gasteiger partial charge in [-0.1, -0.05) is 0 Å². The van der Waals surface area contributed by atoms with E-state index >= 15 is 0 Å². The van der Waals surface area contributed by atoms with Gasteiger partial charge in [-0.15, -0.1) is 0 Å². The topological polar surface area (TPSA) is 87.3 Å². The van der Waals surface area contributed by atoms with E-state index in [2.05, 4.69) is 16.0 Å². The zero-order chi connectivity index (χ0) is 18.6. The van der Waals surface area contributed by atoms with E-state index in [1.165, 1.54) is 38.1 Å². The van der Waals surface area contributed by atoms with Crippen LogP contribution in [0, 0.1) is 11.6 Å². The minimum Gasteiger partial charge on any atom is -0.326 e. The fraction of sp³-hybridized carbons (Fsp3) is 0.118. The second-order valence-corrected chi connectivity index (χ2v) is 5.24. The zero-order valence-corrected chi connectivity index (χ0v) is 13.4. The minimum absolute atomic E-state index is 0.0647. The van der Waals surface area contributed by atoms with Crippen LogP contribution in [0.15, 0.2) is 36.4 Å². The van der Waals surface area contributed by atoms with Crippen molar-refractivity contribution in [2.24, 2.45) is 0 Å². The normalized spacial score (nSPS) is 10.1. The lowest BCUT2D eigenvalue weighted by atomic mass is 10.1. The van der Waals surface area contributed by atoms with Gasteiger partial charge in [0.2, 0.25) is 11.8 Å². The monoisotopic (exact) mass is 347 g/mol. The highest BCUT2D eigenvalue weighted by molar-refractivity contribution is 6.06. The van der Waals surface area contributed by atoms with Crippen molar-refractivity contribution < 1.29 is 23.2 Å². The van der Waals surface area contributed by atoms with Crippen molar-refractivity contribution in [1.29, 1.82) is 0 Å². The van der Waals surface area contributed by atoms with Crippen molar-refractivity contribution in [2.75, 3.05) is 16.0 Å². The van der Waals surface area contributed by atoms with Crippen molar-refractivity contribution in [3.05, 3.63) is 53.6 Å². The summed E-state index contributed by atoms with van der Waals surface area (Å²) in [7, 11) is 0. The summed E-state index contributed by atoms with van der Waals surface area (Å²) in [4.78, 5) is 34.8. The van der Waals surface area contributed by atoms with Crippen molar-refractivity contribution in [3.63, 3.8) is 0 Å². The molecule has 25 heavy (non-hydrogen) atoms. The first-order valence-corrected chi connectivity index (χ1v) is 7.21. The summed E-state index contributed by atoms with van der Waals surface area (Å²) >= 11 is 0. The molecule has 2 aromatic carbocycles. The van der Waals surface area contributed by atoms with Crippen molar-refractivity contribution in [3.8, 4) is 0 Å². The van der Waals surface area contributed by atoms with Crippen molar-refractivity contribution >= 4 is 34.8 Å². The van der Waals surface area contributed by atoms with Gasteiger partial charge in [0, 0.05) is 42.5 Å². The van der Waals surface area contributed by atoms with Gasteiger partial charge in [-0.2, -0.15) is 0 Å². The molecule has 3 amide bonds. The molecule has 3 N–H and O–H groups in total. The quantitative estimate of drug-likeness (QED) is 0.794. The van der Waals surface area contributed by atoms with Gasteiger partial charge in [0.05, 0.1) is 0 Å². The van der Waals surface area contributed by atoms with Gasteiger partial charge < -0.3 is 16.0 Å². The lowest BCUT2D eigenvalue weighted by Gasteiger charge is -2.11. The predicted molar refractivity (Wildman–Crippen MR) is 89.4 cm³/mol. The minimum atomic E-state index is -1.09. The van der Waals surface area contributed by atoms with E-state index in [4.69, 9.17) is 0 Å². The molecule has 0 spiro atoms. The lowest BCUT2D eigenvalue weighted by Crippen LogP contribution is -2.15. The summed E-state index contributed by atoms with van der Waals surface area (Å²) in [5, 5.41) is 7.44. The van der Waals surface area contributed by atoms with Crippen LogP contribution in [-0.4, -0.2) is 17.7 Å². The highest BCUT2D eigenvalue weighted by Gasteiger charge is 2.12. The molecule has 0 heterocycles. The molecule has 6 nitrogen and oxygen atoms in total. The number of hydrogen-bond acceptors (Lipinski definition) is 3. The van der Waals surface area contributed by atoms with Crippen LogP contribution in [0.2, 0.25) is 0 Å². The number of anilines is 3. The third-order valence-corrected chi connectivity index (χ3v) is 3.01. The van der Waals surface area contributed by atoms with E-state index in [1.807, 2.05) is 0 Å². The maximum absolute atomic E-state index is 13.2. The van der Waals surface area contributed by atoms with Gasteiger partial charge >= 0.3 is 0 Å². The molecule has 0 saturated heterocycles. The van der Waals surface area contributed by atoms with E-state index in [0.29, 0.717) is 11.4 Å². The Morgan fingerprint density at radius 2 is 1.28 bits per heavy atom. The molecule has 8 heteroatoms. The number of carbonyl (C=O) groups excluding carboxylic acids is 3. The molecule has 0 aliphatic rings. The molecule has 0 unspecified atom stereocenters. The van der Waals surface area contributed by atoms with E-state index in [0.717, 1.165) is 12.1 Å². The smallest absolute Gasteiger partial charge is 0.255 e. The molecule has 0 aliphatic heterocycles. The second-order valence-electron chi connectivity index (χ2n) is 5.24. The average molecular weight is 347 g/mol. The molecule has 2 rings (SSSR count). The van der Waals surface area contributed by atoms with E-state index < -0.39 is 17.5 Å². The Hall–Kier alpha value is -3.29. The number of carbonyl (C=O) groups is 3. The fourth-order valence-corrected chi connectivity index (χ4v) is 2.09. The number of rotatable bonds is 4. The maximum atomic E-state index is 13.2. The molecule has 0 bridgehead atoms. The first-order valence-electron chi connectivity index (χ1n) is 7.21. The van der Waals surface area contributed by atoms with E-state index in [1.54, 1.807) is 0 Å². The number of nitrogens with one attached hydrogen (secondary N) is 3. The molecule has 2 aromatic rings. The first kappa shape index (κ1) is 18.1. The average Bonchev–Trinajstić information content (AvgIpc) is 2.49. The zero-order valence-electron chi connectivity index (χ0n) is 13.4. The highest BCUT2D eigenvalue weighted by atomic mass is 19.2. The number of hydrogen-bond donors (Lipinski definition) is 3. The number of benzene rings is 2. The summed E-state index contributed by atoms with van der Waals surface area (Å²) in [6.45, 7) is 2.60. The number of amides is 3. The third-order valence-electron chi connectivity index (χ3n) is 3.01. The maximum Gasteiger partial charge on any atom is 0.255 e. The van der Waals surface area contributed by atoms with Crippen LogP contribution in [0.1, 0.15) is 24.2 Å². The van der Waals surface area contributed by atoms with Crippen LogP contribution in [0.5, 0.6) is 0 Å². The first-order chi connectivity index (χ1) is 11.7. The van der Waals surface area contributed by atoms with Gasteiger partial charge in [0.25, 0.3) is 5.91 Å². The predicted octanol–water partition coefficient (Wildman–Crippen LogP) is 3.13. The Labute approximate surface area is 142 Å². The number of halogens is 2. The van der Waals surface area contributed by atoms with E-state index in [-0.39, 0.29) is 23.1 Å². The van der Waals surface area contributed by atoms with Crippen LogP contribution >= 0.6 is 0 Å². The van der Waals surface area contributed by atoms with Gasteiger partial charge in [-0.3, -0.25) is 14.4 Å². The molecule has 0 aromatic heterocycles. The Balaban J connectivity index is 2.31. The van der Waals surface area contributed by atoms with Crippen LogP contribution in [0.25, 0.3) is 0 Å². The van der Waals surface area contributed by atoms with Crippen LogP contribution in [-0.2, 0) is 9.59 Å². The second kappa shape index (κ2) is 7.52. The SMILES string of the molecule is CC(=O)Nc1cc(NC(C)=O)cc(C(=O)Nc2ccc(F)c(F)c2)c1. The molecule has 0 radical (unpaired) electrons. The molecular weight excluding hydrogens is 332 g/mol. The summed E-state index contributed by atoms with van der Waals surface area (Å²) in [5.74, 6) is -3.45. The van der Waals surface area contributed by atoms with Crippen molar-refractivity contribution in [1.82, 2.24) is 0 Å². The Morgan fingerprint density at radius 1 is 0.720 bits per heavy atom.